The Kier molecular flexibility index (Phi) is 5.47. The minimum absolute atomic E-state index is 0.812. The van der Waals surface area contributed by atoms with E-state index in [0.717, 1.165) is 0 Å². The summed E-state index contributed by atoms with van der Waals surface area (Å²) in [6.45, 7) is -0.812. The second-order valence-corrected chi connectivity index (χ2v) is 7.04. The summed E-state index contributed by atoms with van der Waals surface area (Å²) in [5.41, 5.74) is 0. The molecule has 6 N–H and O–H groups in total. The summed E-state index contributed by atoms with van der Waals surface area (Å²) in [5, 5.41) is 7.46. The van der Waals surface area contributed by atoms with Crippen molar-refractivity contribution in [3.63, 3.8) is 0 Å². The first-order valence-electron chi connectivity index (χ1n) is 4.03. The van der Waals surface area contributed by atoms with Gasteiger partial charge in [0.15, 0.2) is 5.40 Å². The Balaban J connectivity index is 4.69. The third kappa shape index (κ3) is 6.52. The second-order valence-electron chi connectivity index (χ2n) is 3.03. The van der Waals surface area contributed by atoms with Crippen LogP contribution in [0.2, 0.25) is 0 Å². The molecule has 0 fully saturated rings. The molecule has 0 aliphatic carbocycles. The van der Waals surface area contributed by atoms with Gasteiger partial charge in [-0.3, -0.25) is 18.7 Å². The summed E-state index contributed by atoms with van der Waals surface area (Å²) in [6, 6.07) is 0. The molecule has 17 heavy (non-hydrogen) atoms. The van der Waals surface area contributed by atoms with Gasteiger partial charge in [-0.1, -0.05) is 0 Å². The van der Waals surface area contributed by atoms with E-state index in [1.54, 1.807) is 5.32 Å². The van der Waals surface area contributed by atoms with Gasteiger partial charge in [-0.2, -0.15) is 0 Å². The minimum atomic E-state index is -5.17. The highest BCUT2D eigenvalue weighted by atomic mass is 31.2. The molecule has 0 aromatic rings. The molecule has 10 nitrogen and oxygen atoms in total. The highest BCUT2D eigenvalue weighted by Gasteiger charge is 2.44. The standard InChI is InChI=1S/C5H11NO9P2/c7-3(6-2-4(8)9)1-5(16(10,11)12)17(13,14)15/h5H,1-2H2,(H,6,7)(H,8,9)(H2,10,11,12)(H2,13,14,15). The lowest BCUT2D eigenvalue weighted by molar-refractivity contribution is -0.137. The summed E-state index contributed by atoms with van der Waals surface area (Å²) in [6.07, 6.45) is -1.16. The van der Waals surface area contributed by atoms with Crippen molar-refractivity contribution >= 4 is 27.1 Å². The summed E-state index contributed by atoms with van der Waals surface area (Å²) < 4.78 is 21.5. The van der Waals surface area contributed by atoms with Crippen molar-refractivity contribution in [2.75, 3.05) is 6.54 Å². The number of nitrogens with one attached hydrogen (secondary N) is 1. The monoisotopic (exact) mass is 291 g/mol. The Bertz CT molecular complexity index is 372. The number of carbonyl (C=O) groups excluding carboxylic acids is 1. The number of hydrogen-bond acceptors (Lipinski definition) is 4. The van der Waals surface area contributed by atoms with Gasteiger partial charge in [0.1, 0.15) is 6.54 Å². The molecule has 12 heteroatoms. The minimum Gasteiger partial charge on any atom is -0.480 e. The van der Waals surface area contributed by atoms with Crippen molar-refractivity contribution in [1.29, 1.82) is 0 Å². The van der Waals surface area contributed by atoms with Crippen molar-refractivity contribution in [3.05, 3.63) is 0 Å². The van der Waals surface area contributed by atoms with E-state index in [1.807, 2.05) is 0 Å². The smallest absolute Gasteiger partial charge is 0.341 e. The van der Waals surface area contributed by atoms with Crippen LogP contribution in [0, 0.1) is 0 Å². The molecule has 0 atom stereocenters. The van der Waals surface area contributed by atoms with E-state index < -0.39 is 45.4 Å². The van der Waals surface area contributed by atoms with Crippen LogP contribution in [0.3, 0.4) is 0 Å². The lowest BCUT2D eigenvalue weighted by Crippen LogP contribution is -2.31. The maximum atomic E-state index is 11.0. The maximum absolute atomic E-state index is 11.0. The fourth-order valence-corrected chi connectivity index (χ4v) is 3.22. The topological polar surface area (TPSA) is 181 Å². The van der Waals surface area contributed by atoms with Crippen LogP contribution in [-0.2, 0) is 18.7 Å². The van der Waals surface area contributed by atoms with Crippen LogP contribution in [-0.4, -0.2) is 48.5 Å². The maximum Gasteiger partial charge on any atom is 0.341 e. The Labute approximate surface area is 95.0 Å². The first kappa shape index (κ1) is 16.2. The zero-order valence-corrected chi connectivity index (χ0v) is 10.0. The van der Waals surface area contributed by atoms with Crippen LogP contribution in [0.5, 0.6) is 0 Å². The molecule has 0 aliphatic heterocycles. The highest BCUT2D eigenvalue weighted by molar-refractivity contribution is 7.70. The van der Waals surface area contributed by atoms with Crippen molar-refractivity contribution < 1.29 is 43.4 Å². The van der Waals surface area contributed by atoms with Gasteiger partial charge in [0.25, 0.3) is 0 Å². The Morgan fingerprint density at radius 1 is 1.06 bits per heavy atom. The van der Waals surface area contributed by atoms with E-state index >= 15 is 0 Å². The predicted molar refractivity (Wildman–Crippen MR) is 53.1 cm³/mol. The van der Waals surface area contributed by atoms with Crippen LogP contribution in [0.1, 0.15) is 6.42 Å². The number of hydrogen-bond donors (Lipinski definition) is 6. The van der Waals surface area contributed by atoms with Crippen LogP contribution < -0.4 is 5.32 Å². The van der Waals surface area contributed by atoms with Gasteiger partial charge in [-0.25, -0.2) is 0 Å². The summed E-state index contributed by atoms with van der Waals surface area (Å²) in [4.78, 5) is 55.7. The van der Waals surface area contributed by atoms with Gasteiger partial charge >= 0.3 is 21.2 Å². The fourth-order valence-electron chi connectivity index (χ4n) is 0.846. The van der Waals surface area contributed by atoms with E-state index in [1.165, 1.54) is 0 Å². The van der Waals surface area contributed by atoms with Gasteiger partial charge in [-0.15, -0.1) is 0 Å². The molecule has 0 radical (unpaired) electrons. The average Bonchev–Trinajstić information content (AvgIpc) is 2.07. The number of amides is 1. The van der Waals surface area contributed by atoms with Gasteiger partial charge in [0.05, 0.1) is 6.42 Å². The largest absolute Gasteiger partial charge is 0.480 e. The Hall–Kier alpha value is -0.760. The van der Waals surface area contributed by atoms with Crippen molar-refractivity contribution in [3.8, 4) is 0 Å². The lowest BCUT2D eigenvalue weighted by atomic mass is 10.4. The van der Waals surface area contributed by atoms with Crippen molar-refractivity contribution in [2.45, 2.75) is 11.8 Å². The third-order valence-corrected chi connectivity index (χ3v) is 5.30. The highest BCUT2D eigenvalue weighted by Crippen LogP contribution is 2.61. The molecule has 0 aromatic heterocycles. The summed E-state index contributed by atoms with van der Waals surface area (Å²) >= 11 is 0. The third-order valence-electron chi connectivity index (χ3n) is 1.58. The average molecular weight is 291 g/mol. The number of rotatable bonds is 6. The van der Waals surface area contributed by atoms with Gasteiger partial charge in [0, 0.05) is 0 Å². The van der Waals surface area contributed by atoms with Crippen molar-refractivity contribution in [2.24, 2.45) is 0 Å². The molecule has 0 rings (SSSR count). The van der Waals surface area contributed by atoms with Crippen molar-refractivity contribution in [1.82, 2.24) is 5.32 Å². The number of carboxylic acid groups (broad SMARTS) is 1. The van der Waals surface area contributed by atoms with Crippen LogP contribution in [0.25, 0.3) is 0 Å². The fraction of sp³-hybridized carbons (Fsp3) is 0.600. The number of carbonyl (C=O) groups is 2. The molecule has 0 saturated heterocycles. The Morgan fingerprint density at radius 2 is 1.47 bits per heavy atom. The summed E-state index contributed by atoms with van der Waals surface area (Å²) in [5.74, 6) is -2.58. The summed E-state index contributed by atoms with van der Waals surface area (Å²) in [7, 11) is -10.3. The van der Waals surface area contributed by atoms with Gasteiger partial charge in [0.2, 0.25) is 5.91 Å². The Morgan fingerprint density at radius 3 is 1.76 bits per heavy atom. The predicted octanol–water partition coefficient (Wildman–Crippen LogP) is -1.74. The molecule has 1 amide bonds. The van der Waals surface area contributed by atoms with E-state index in [0.29, 0.717) is 0 Å². The number of aliphatic carboxylic acids is 1. The lowest BCUT2D eigenvalue weighted by Gasteiger charge is -2.18. The molecule has 0 bridgehead atoms. The molecular formula is C5H11NO9P2. The molecular weight excluding hydrogens is 280 g/mol. The van der Waals surface area contributed by atoms with Crippen LogP contribution in [0.4, 0.5) is 0 Å². The molecule has 0 unspecified atom stereocenters. The van der Waals surface area contributed by atoms with E-state index in [4.69, 9.17) is 24.7 Å². The van der Waals surface area contributed by atoms with Gasteiger partial charge < -0.3 is 30.0 Å². The number of carboxylic acids is 1. The molecule has 100 valence electrons. The molecule has 0 heterocycles. The second kappa shape index (κ2) is 5.72. The molecule has 0 aromatic carbocycles. The van der Waals surface area contributed by atoms with Gasteiger partial charge in [-0.05, 0) is 0 Å². The normalized spacial score (nSPS) is 12.5. The zero-order valence-electron chi connectivity index (χ0n) is 8.26. The van der Waals surface area contributed by atoms with E-state index in [9.17, 15) is 18.7 Å². The van der Waals surface area contributed by atoms with E-state index in [2.05, 4.69) is 0 Å². The first-order chi connectivity index (χ1) is 7.44. The quantitative estimate of drug-likeness (QED) is 0.309. The zero-order chi connectivity index (χ0) is 13.9. The molecule has 0 aliphatic rings. The van der Waals surface area contributed by atoms with E-state index in [-0.39, 0.29) is 0 Å². The molecule has 0 spiro atoms. The van der Waals surface area contributed by atoms with Crippen LogP contribution in [0.15, 0.2) is 0 Å². The SMILES string of the molecule is O=C(O)CNC(=O)CC(P(=O)(O)O)P(=O)(O)O. The first-order valence-corrected chi connectivity index (χ1v) is 7.40. The van der Waals surface area contributed by atoms with Crippen LogP contribution >= 0.6 is 15.2 Å². The molecule has 0 saturated carbocycles.